The predicted octanol–water partition coefficient (Wildman–Crippen LogP) is 3.05. The Morgan fingerprint density at radius 3 is 2.63 bits per heavy atom. The van der Waals surface area contributed by atoms with Crippen LogP contribution in [0.4, 0.5) is 0 Å². The van der Waals surface area contributed by atoms with Gasteiger partial charge in [-0.05, 0) is 37.6 Å². The molecule has 1 N–H and O–H groups in total. The van der Waals surface area contributed by atoms with E-state index in [2.05, 4.69) is 37.9 Å². The second-order valence-corrected chi connectivity index (χ2v) is 6.21. The minimum atomic E-state index is 0.363. The molecule has 0 saturated carbocycles. The molecule has 1 heterocycles. The van der Waals surface area contributed by atoms with E-state index in [9.17, 15) is 4.79 Å². The molecule has 0 radical (unpaired) electrons. The molecule has 2 atom stereocenters. The Balaban J connectivity index is 2.53. The molecule has 1 aliphatic heterocycles. The molecule has 19 heavy (non-hydrogen) atoms. The minimum absolute atomic E-state index is 0.363. The van der Waals surface area contributed by atoms with E-state index in [0.29, 0.717) is 17.9 Å². The third kappa shape index (κ3) is 5.52. The fourth-order valence-corrected chi connectivity index (χ4v) is 3.08. The second-order valence-electron chi connectivity index (χ2n) is 6.21. The van der Waals surface area contributed by atoms with Crippen molar-refractivity contribution in [2.45, 2.75) is 65.8 Å². The summed E-state index contributed by atoms with van der Waals surface area (Å²) in [5, 5.41) is 3.51. The predicted molar refractivity (Wildman–Crippen MR) is 81.1 cm³/mol. The van der Waals surface area contributed by atoms with Crippen molar-refractivity contribution < 1.29 is 4.79 Å². The van der Waals surface area contributed by atoms with Crippen molar-refractivity contribution in [2.24, 2.45) is 11.8 Å². The fourth-order valence-electron chi connectivity index (χ4n) is 3.08. The van der Waals surface area contributed by atoms with Gasteiger partial charge in [-0.2, -0.15) is 0 Å². The zero-order valence-electron chi connectivity index (χ0n) is 13.2. The third-order valence-corrected chi connectivity index (χ3v) is 4.37. The maximum atomic E-state index is 12.2. The lowest BCUT2D eigenvalue weighted by molar-refractivity contribution is -0.131. The molecule has 0 aliphatic carbocycles. The Morgan fingerprint density at radius 2 is 2.05 bits per heavy atom. The summed E-state index contributed by atoms with van der Waals surface area (Å²) >= 11 is 0. The number of likely N-dealkylation sites (tertiary alicyclic amines) is 1. The summed E-state index contributed by atoms with van der Waals surface area (Å²) in [4.78, 5) is 14.3. The van der Waals surface area contributed by atoms with Crippen LogP contribution in [0, 0.1) is 11.8 Å². The van der Waals surface area contributed by atoms with E-state index in [1.54, 1.807) is 0 Å². The van der Waals surface area contributed by atoms with Crippen molar-refractivity contribution >= 4 is 5.91 Å². The first kappa shape index (κ1) is 16.5. The van der Waals surface area contributed by atoms with Crippen LogP contribution in [-0.4, -0.2) is 36.5 Å². The molecule has 0 spiro atoms. The molecule has 3 nitrogen and oxygen atoms in total. The van der Waals surface area contributed by atoms with Crippen molar-refractivity contribution in [3.8, 4) is 0 Å². The van der Waals surface area contributed by atoms with E-state index >= 15 is 0 Å². The maximum Gasteiger partial charge on any atom is 0.222 e. The Morgan fingerprint density at radius 1 is 1.32 bits per heavy atom. The van der Waals surface area contributed by atoms with E-state index in [1.165, 1.54) is 12.8 Å². The lowest BCUT2D eigenvalue weighted by Gasteiger charge is -2.27. The highest BCUT2D eigenvalue weighted by molar-refractivity contribution is 5.76. The van der Waals surface area contributed by atoms with Gasteiger partial charge in [0.2, 0.25) is 5.91 Å². The molecule has 1 saturated heterocycles. The van der Waals surface area contributed by atoms with Crippen LogP contribution in [0.1, 0.15) is 59.8 Å². The number of hydrogen-bond acceptors (Lipinski definition) is 2. The summed E-state index contributed by atoms with van der Waals surface area (Å²) in [5.74, 6) is 1.79. The van der Waals surface area contributed by atoms with Crippen molar-refractivity contribution in [3.05, 3.63) is 0 Å². The highest BCUT2D eigenvalue weighted by atomic mass is 16.2. The number of nitrogens with one attached hydrogen (secondary N) is 1. The van der Waals surface area contributed by atoms with Gasteiger partial charge in [-0.3, -0.25) is 4.79 Å². The first-order valence-corrected chi connectivity index (χ1v) is 8.09. The molecule has 112 valence electrons. The van der Waals surface area contributed by atoms with Gasteiger partial charge in [-0.25, -0.2) is 0 Å². The number of carbonyl (C=O) groups is 1. The van der Waals surface area contributed by atoms with E-state index in [-0.39, 0.29) is 0 Å². The summed E-state index contributed by atoms with van der Waals surface area (Å²) in [5.41, 5.74) is 0. The van der Waals surface area contributed by atoms with Gasteiger partial charge in [0, 0.05) is 25.6 Å². The van der Waals surface area contributed by atoms with Crippen LogP contribution in [0.2, 0.25) is 0 Å². The monoisotopic (exact) mass is 268 g/mol. The molecule has 0 aromatic carbocycles. The van der Waals surface area contributed by atoms with E-state index < -0.39 is 0 Å². The molecule has 0 aromatic rings. The van der Waals surface area contributed by atoms with E-state index in [4.69, 9.17) is 0 Å². The zero-order chi connectivity index (χ0) is 14.3. The highest BCUT2D eigenvalue weighted by Crippen LogP contribution is 2.25. The van der Waals surface area contributed by atoms with Gasteiger partial charge < -0.3 is 10.2 Å². The fraction of sp³-hybridized carbons (Fsp3) is 0.938. The van der Waals surface area contributed by atoms with Crippen LogP contribution >= 0.6 is 0 Å². The van der Waals surface area contributed by atoms with Gasteiger partial charge in [0.15, 0.2) is 0 Å². The van der Waals surface area contributed by atoms with Crippen molar-refractivity contribution in [2.75, 3.05) is 19.6 Å². The lowest BCUT2D eigenvalue weighted by atomic mass is 9.89. The summed E-state index contributed by atoms with van der Waals surface area (Å²) in [6.45, 7) is 11.7. The van der Waals surface area contributed by atoms with Crippen molar-refractivity contribution in [3.63, 3.8) is 0 Å². The first-order valence-electron chi connectivity index (χ1n) is 8.09. The molecule has 1 amide bonds. The molecular formula is C16H32N2O. The molecule has 0 bridgehead atoms. The molecule has 1 fully saturated rings. The van der Waals surface area contributed by atoms with Gasteiger partial charge in [0.1, 0.15) is 0 Å². The molecule has 1 rings (SSSR count). The summed E-state index contributed by atoms with van der Waals surface area (Å²) < 4.78 is 0. The largest absolute Gasteiger partial charge is 0.341 e. The van der Waals surface area contributed by atoms with Crippen LogP contribution in [0.15, 0.2) is 0 Å². The van der Waals surface area contributed by atoms with Crippen molar-refractivity contribution in [1.29, 1.82) is 0 Å². The number of carbonyl (C=O) groups excluding carboxylic acids is 1. The number of likely N-dealkylation sites (N-methyl/N-ethyl adjacent to an activating group) is 1. The molecule has 3 heteroatoms. The Bertz CT molecular complexity index is 259. The lowest BCUT2D eigenvalue weighted by Crippen LogP contribution is -2.43. The number of hydrogen-bond donors (Lipinski definition) is 1. The molecule has 1 aliphatic rings. The standard InChI is InChI=1S/C16H32N2O/c1-5-7-15(17-6-2)12-18-11-10-14(13(3)4)8-9-16(18)19/h13-15,17H,5-12H2,1-4H3. The van der Waals surface area contributed by atoms with Gasteiger partial charge in [-0.1, -0.05) is 34.1 Å². The zero-order valence-corrected chi connectivity index (χ0v) is 13.2. The molecular weight excluding hydrogens is 236 g/mol. The van der Waals surface area contributed by atoms with Crippen LogP contribution in [0.5, 0.6) is 0 Å². The Labute approximate surface area is 119 Å². The van der Waals surface area contributed by atoms with Gasteiger partial charge in [0.25, 0.3) is 0 Å². The number of nitrogens with zero attached hydrogens (tertiary/aromatic N) is 1. The van der Waals surface area contributed by atoms with Crippen LogP contribution < -0.4 is 5.32 Å². The van der Waals surface area contributed by atoms with E-state index in [1.807, 2.05) is 0 Å². The van der Waals surface area contributed by atoms with Gasteiger partial charge in [0.05, 0.1) is 0 Å². The average Bonchev–Trinajstić information content (AvgIpc) is 2.53. The smallest absolute Gasteiger partial charge is 0.222 e. The minimum Gasteiger partial charge on any atom is -0.341 e. The number of amides is 1. The molecule has 0 aromatic heterocycles. The van der Waals surface area contributed by atoms with Gasteiger partial charge in [-0.15, -0.1) is 0 Å². The molecule has 2 unspecified atom stereocenters. The topological polar surface area (TPSA) is 32.3 Å². The summed E-state index contributed by atoms with van der Waals surface area (Å²) in [6.07, 6.45) is 5.33. The normalized spacial score (nSPS) is 22.7. The Kier molecular flexibility index (Phi) is 7.44. The van der Waals surface area contributed by atoms with Crippen LogP contribution in [0.3, 0.4) is 0 Å². The number of rotatable bonds is 7. The quantitative estimate of drug-likeness (QED) is 0.769. The first-order chi connectivity index (χ1) is 9.08. The SMILES string of the molecule is CCCC(CN1CCC(C(C)C)CCC1=O)NCC. The Hall–Kier alpha value is -0.570. The van der Waals surface area contributed by atoms with E-state index in [0.717, 1.165) is 44.8 Å². The average molecular weight is 268 g/mol. The van der Waals surface area contributed by atoms with Crippen LogP contribution in [0.25, 0.3) is 0 Å². The highest BCUT2D eigenvalue weighted by Gasteiger charge is 2.25. The van der Waals surface area contributed by atoms with Gasteiger partial charge >= 0.3 is 0 Å². The maximum absolute atomic E-state index is 12.2. The summed E-state index contributed by atoms with van der Waals surface area (Å²) in [6, 6.07) is 0.467. The van der Waals surface area contributed by atoms with Crippen molar-refractivity contribution in [1.82, 2.24) is 10.2 Å². The van der Waals surface area contributed by atoms with Crippen LogP contribution in [-0.2, 0) is 4.79 Å². The second kappa shape index (κ2) is 8.57. The summed E-state index contributed by atoms with van der Waals surface area (Å²) in [7, 11) is 0. The third-order valence-electron chi connectivity index (χ3n) is 4.37.